The van der Waals surface area contributed by atoms with Crippen LogP contribution in [0, 0.1) is 0 Å². The molecule has 0 aromatic heterocycles. The Morgan fingerprint density at radius 1 is 1.44 bits per heavy atom. The van der Waals surface area contributed by atoms with Crippen LogP contribution in [0.5, 0.6) is 0 Å². The molecule has 1 rings (SSSR count). The number of rotatable bonds is 3. The standard InChI is InChI=1S/C13H18BrNO2S/c1-13(2,3)17-12(16)15-11-8-10(14)5-4-9(11)6-7-18/h4-5,8,18H,6-7H2,1-3H3,(H,15,16). The fraction of sp³-hybridized carbons (Fsp3) is 0.462. The zero-order chi connectivity index (χ0) is 13.8. The van der Waals surface area contributed by atoms with Gasteiger partial charge in [-0.05, 0) is 50.6 Å². The summed E-state index contributed by atoms with van der Waals surface area (Å²) in [5.41, 5.74) is 1.30. The van der Waals surface area contributed by atoms with Crippen LogP contribution in [0.15, 0.2) is 22.7 Å². The van der Waals surface area contributed by atoms with Gasteiger partial charge < -0.3 is 4.74 Å². The molecule has 1 aromatic rings. The number of halogens is 1. The maximum atomic E-state index is 11.7. The monoisotopic (exact) mass is 331 g/mol. The number of aryl methyl sites for hydroxylation is 1. The number of benzene rings is 1. The lowest BCUT2D eigenvalue weighted by Crippen LogP contribution is -2.27. The number of thiol groups is 1. The van der Waals surface area contributed by atoms with Gasteiger partial charge in [-0.15, -0.1) is 0 Å². The highest BCUT2D eigenvalue weighted by Crippen LogP contribution is 2.23. The second-order valence-electron chi connectivity index (χ2n) is 4.90. The summed E-state index contributed by atoms with van der Waals surface area (Å²) in [6.45, 7) is 5.51. The molecule has 0 aliphatic carbocycles. The molecule has 1 amide bonds. The van der Waals surface area contributed by atoms with E-state index in [0.29, 0.717) is 0 Å². The Labute approximate surface area is 122 Å². The van der Waals surface area contributed by atoms with Gasteiger partial charge in [0.25, 0.3) is 0 Å². The van der Waals surface area contributed by atoms with E-state index >= 15 is 0 Å². The van der Waals surface area contributed by atoms with E-state index in [9.17, 15) is 4.79 Å². The molecule has 100 valence electrons. The summed E-state index contributed by atoms with van der Waals surface area (Å²) in [7, 11) is 0. The number of nitrogens with one attached hydrogen (secondary N) is 1. The minimum absolute atomic E-state index is 0.444. The van der Waals surface area contributed by atoms with Crippen LogP contribution in [0.3, 0.4) is 0 Å². The molecule has 0 saturated heterocycles. The topological polar surface area (TPSA) is 38.3 Å². The smallest absolute Gasteiger partial charge is 0.412 e. The van der Waals surface area contributed by atoms with Crippen molar-refractivity contribution in [2.75, 3.05) is 11.1 Å². The summed E-state index contributed by atoms with van der Waals surface area (Å²) in [5, 5.41) is 2.77. The van der Waals surface area contributed by atoms with Gasteiger partial charge in [0.2, 0.25) is 0 Å². The third-order valence-corrected chi connectivity index (χ3v) is 2.81. The molecule has 1 aromatic carbocycles. The third kappa shape index (κ3) is 5.31. The van der Waals surface area contributed by atoms with Crippen LogP contribution < -0.4 is 5.32 Å². The van der Waals surface area contributed by atoms with Crippen LogP contribution in [0.4, 0.5) is 10.5 Å². The van der Waals surface area contributed by atoms with Gasteiger partial charge in [0.15, 0.2) is 0 Å². The average Bonchev–Trinajstić information content (AvgIpc) is 2.19. The Kier molecular flexibility index (Phi) is 5.53. The van der Waals surface area contributed by atoms with E-state index in [2.05, 4.69) is 33.9 Å². The molecule has 5 heteroatoms. The molecule has 1 N–H and O–H groups in total. The van der Waals surface area contributed by atoms with Crippen LogP contribution in [-0.4, -0.2) is 17.4 Å². The lowest BCUT2D eigenvalue weighted by atomic mass is 10.1. The van der Waals surface area contributed by atoms with E-state index in [-0.39, 0.29) is 0 Å². The Morgan fingerprint density at radius 3 is 2.67 bits per heavy atom. The molecular weight excluding hydrogens is 314 g/mol. The van der Waals surface area contributed by atoms with Crippen LogP contribution >= 0.6 is 28.6 Å². The average molecular weight is 332 g/mol. The molecule has 0 spiro atoms. The van der Waals surface area contributed by atoms with E-state index in [1.807, 2.05) is 39.0 Å². The van der Waals surface area contributed by atoms with Crippen molar-refractivity contribution in [1.82, 2.24) is 0 Å². The summed E-state index contributed by atoms with van der Waals surface area (Å²) in [6, 6.07) is 5.77. The van der Waals surface area contributed by atoms with Gasteiger partial charge in [-0.3, -0.25) is 5.32 Å². The first-order chi connectivity index (χ1) is 8.31. The molecule has 0 bridgehead atoms. The van der Waals surface area contributed by atoms with Crippen molar-refractivity contribution < 1.29 is 9.53 Å². The molecule has 0 aliphatic heterocycles. The number of ether oxygens (including phenoxy) is 1. The van der Waals surface area contributed by atoms with Gasteiger partial charge >= 0.3 is 6.09 Å². The molecular formula is C13H18BrNO2S. The van der Waals surface area contributed by atoms with Crippen molar-refractivity contribution in [2.45, 2.75) is 32.8 Å². The number of anilines is 1. The number of carbonyl (C=O) groups is 1. The Balaban J connectivity index is 2.82. The SMILES string of the molecule is CC(C)(C)OC(=O)Nc1cc(Br)ccc1CCS. The molecule has 0 atom stereocenters. The van der Waals surface area contributed by atoms with Crippen molar-refractivity contribution in [3.63, 3.8) is 0 Å². The van der Waals surface area contributed by atoms with Crippen LogP contribution in [-0.2, 0) is 11.2 Å². The zero-order valence-corrected chi connectivity index (χ0v) is 13.3. The molecule has 3 nitrogen and oxygen atoms in total. The first-order valence-electron chi connectivity index (χ1n) is 5.71. The van der Waals surface area contributed by atoms with Crippen molar-refractivity contribution in [3.05, 3.63) is 28.2 Å². The maximum Gasteiger partial charge on any atom is 0.412 e. The molecule has 0 saturated carbocycles. The van der Waals surface area contributed by atoms with Gasteiger partial charge in [0.05, 0.1) is 0 Å². The molecule has 18 heavy (non-hydrogen) atoms. The first-order valence-corrected chi connectivity index (χ1v) is 7.13. The molecule has 0 fully saturated rings. The largest absolute Gasteiger partial charge is 0.444 e. The van der Waals surface area contributed by atoms with Gasteiger partial charge in [0, 0.05) is 10.2 Å². The Morgan fingerprint density at radius 2 is 2.11 bits per heavy atom. The van der Waals surface area contributed by atoms with Gasteiger partial charge in [-0.25, -0.2) is 4.79 Å². The summed E-state index contributed by atoms with van der Waals surface area (Å²) >= 11 is 7.60. The highest BCUT2D eigenvalue weighted by atomic mass is 79.9. The molecule has 0 unspecified atom stereocenters. The highest BCUT2D eigenvalue weighted by molar-refractivity contribution is 9.10. The predicted octanol–water partition coefficient (Wildman–Crippen LogP) is 4.27. The summed E-state index contributed by atoms with van der Waals surface area (Å²) in [6.07, 6.45) is 0.350. The number of carbonyl (C=O) groups excluding carboxylic acids is 1. The molecule has 0 heterocycles. The Hall–Kier alpha value is -0.680. The normalized spacial score (nSPS) is 11.2. The van der Waals surface area contributed by atoms with Crippen molar-refractivity contribution in [3.8, 4) is 0 Å². The fourth-order valence-corrected chi connectivity index (χ4v) is 2.02. The van der Waals surface area contributed by atoms with Gasteiger partial charge in [-0.2, -0.15) is 12.6 Å². The van der Waals surface area contributed by atoms with Crippen LogP contribution in [0.1, 0.15) is 26.3 Å². The highest BCUT2D eigenvalue weighted by Gasteiger charge is 2.17. The van der Waals surface area contributed by atoms with E-state index in [0.717, 1.165) is 27.9 Å². The quantitative estimate of drug-likeness (QED) is 0.812. The van der Waals surface area contributed by atoms with E-state index in [4.69, 9.17) is 4.74 Å². The molecule has 0 aliphatic rings. The van der Waals surface area contributed by atoms with Gasteiger partial charge in [-0.1, -0.05) is 22.0 Å². The first kappa shape index (κ1) is 15.4. The minimum atomic E-state index is -0.500. The van der Waals surface area contributed by atoms with E-state index in [1.54, 1.807) is 0 Å². The third-order valence-electron chi connectivity index (χ3n) is 2.09. The predicted molar refractivity (Wildman–Crippen MR) is 81.6 cm³/mol. The van der Waals surface area contributed by atoms with E-state index < -0.39 is 11.7 Å². The fourth-order valence-electron chi connectivity index (χ4n) is 1.42. The number of hydrogen-bond donors (Lipinski definition) is 2. The zero-order valence-electron chi connectivity index (χ0n) is 10.8. The minimum Gasteiger partial charge on any atom is -0.444 e. The van der Waals surface area contributed by atoms with Crippen molar-refractivity contribution >= 4 is 40.3 Å². The number of hydrogen-bond acceptors (Lipinski definition) is 3. The summed E-state index contributed by atoms with van der Waals surface area (Å²) in [5.74, 6) is 0.727. The van der Waals surface area contributed by atoms with Crippen molar-refractivity contribution in [2.24, 2.45) is 0 Å². The second-order valence-corrected chi connectivity index (χ2v) is 6.26. The van der Waals surface area contributed by atoms with Crippen molar-refractivity contribution in [1.29, 1.82) is 0 Å². The summed E-state index contributed by atoms with van der Waals surface area (Å²) in [4.78, 5) is 11.7. The number of amides is 1. The lowest BCUT2D eigenvalue weighted by molar-refractivity contribution is 0.0636. The lowest BCUT2D eigenvalue weighted by Gasteiger charge is -2.20. The van der Waals surface area contributed by atoms with Gasteiger partial charge in [0.1, 0.15) is 5.60 Å². The van der Waals surface area contributed by atoms with Crippen LogP contribution in [0.2, 0.25) is 0 Å². The second kappa shape index (κ2) is 6.48. The molecule has 0 radical (unpaired) electrons. The van der Waals surface area contributed by atoms with Crippen LogP contribution in [0.25, 0.3) is 0 Å². The Bertz CT molecular complexity index is 429. The summed E-state index contributed by atoms with van der Waals surface area (Å²) < 4.78 is 6.14. The van der Waals surface area contributed by atoms with E-state index in [1.165, 1.54) is 0 Å². The maximum absolute atomic E-state index is 11.7.